The first-order valence-corrected chi connectivity index (χ1v) is 11.2. The fraction of sp³-hybridized carbons (Fsp3) is 0.652. The maximum absolute atomic E-state index is 12.7. The highest BCUT2D eigenvalue weighted by molar-refractivity contribution is 5.79. The Labute approximate surface area is 174 Å². The molecule has 1 aromatic rings. The lowest BCUT2D eigenvalue weighted by Gasteiger charge is -2.37. The predicted molar refractivity (Wildman–Crippen MR) is 113 cm³/mol. The normalized spacial score (nSPS) is 21.9. The van der Waals surface area contributed by atoms with E-state index < -0.39 is 0 Å². The van der Waals surface area contributed by atoms with E-state index in [9.17, 15) is 9.59 Å². The van der Waals surface area contributed by atoms with E-state index in [0.29, 0.717) is 25.0 Å². The Bertz CT molecular complexity index is 675. The first-order valence-electron chi connectivity index (χ1n) is 11.2. The summed E-state index contributed by atoms with van der Waals surface area (Å²) in [6, 6.07) is 11.1. The van der Waals surface area contributed by atoms with E-state index in [1.807, 2.05) is 0 Å². The molecular weight excluding hydrogens is 364 g/mol. The van der Waals surface area contributed by atoms with Gasteiger partial charge in [-0.3, -0.25) is 19.4 Å². The zero-order valence-corrected chi connectivity index (χ0v) is 17.4. The highest BCUT2D eigenvalue weighted by Crippen LogP contribution is 2.22. The van der Waals surface area contributed by atoms with Crippen molar-refractivity contribution >= 4 is 11.8 Å². The number of nitrogens with one attached hydrogen (secondary N) is 1. The summed E-state index contributed by atoms with van der Waals surface area (Å²) < 4.78 is 0. The molecule has 0 bridgehead atoms. The highest BCUT2D eigenvalue weighted by atomic mass is 16.2. The van der Waals surface area contributed by atoms with Crippen LogP contribution in [0.1, 0.15) is 31.2 Å². The molecule has 2 saturated heterocycles. The SMILES string of the molecule is O=C(CN1CCN(CC(=O)N2CCC(Cc3ccccc3)CC2)CC1)NC1CC1. The minimum absolute atomic E-state index is 0.149. The topological polar surface area (TPSA) is 55.9 Å². The molecule has 6 nitrogen and oxygen atoms in total. The number of nitrogens with zero attached hydrogens (tertiary/aromatic N) is 3. The summed E-state index contributed by atoms with van der Waals surface area (Å²) in [7, 11) is 0. The van der Waals surface area contributed by atoms with Crippen molar-refractivity contribution in [1.29, 1.82) is 0 Å². The number of piperidine rings is 1. The van der Waals surface area contributed by atoms with Gasteiger partial charge in [0.2, 0.25) is 11.8 Å². The van der Waals surface area contributed by atoms with Crippen LogP contribution in [0, 0.1) is 5.92 Å². The third-order valence-electron chi connectivity index (χ3n) is 6.47. The quantitative estimate of drug-likeness (QED) is 0.754. The molecule has 0 radical (unpaired) electrons. The number of carbonyl (C=O) groups is 2. The smallest absolute Gasteiger partial charge is 0.236 e. The molecule has 2 amide bonds. The zero-order valence-electron chi connectivity index (χ0n) is 17.4. The summed E-state index contributed by atoms with van der Waals surface area (Å²) >= 11 is 0. The van der Waals surface area contributed by atoms with Crippen LogP contribution in [-0.4, -0.2) is 84.9 Å². The summed E-state index contributed by atoms with van der Waals surface area (Å²) in [5, 5.41) is 3.05. The lowest BCUT2D eigenvalue weighted by atomic mass is 9.90. The number of rotatable bonds is 7. The molecule has 1 aliphatic carbocycles. The highest BCUT2D eigenvalue weighted by Gasteiger charge is 2.27. The van der Waals surface area contributed by atoms with Gasteiger partial charge in [0.1, 0.15) is 0 Å². The van der Waals surface area contributed by atoms with Gasteiger partial charge >= 0.3 is 0 Å². The summed E-state index contributed by atoms with van der Waals surface area (Å²) in [5.74, 6) is 1.10. The third-order valence-corrected chi connectivity index (χ3v) is 6.47. The molecule has 158 valence electrons. The molecule has 4 rings (SSSR count). The Morgan fingerprint density at radius 1 is 0.828 bits per heavy atom. The number of hydrogen-bond acceptors (Lipinski definition) is 4. The number of carbonyl (C=O) groups excluding carboxylic acids is 2. The van der Waals surface area contributed by atoms with Crippen molar-refractivity contribution in [3.05, 3.63) is 35.9 Å². The third kappa shape index (κ3) is 6.28. The maximum atomic E-state index is 12.7. The summed E-state index contributed by atoms with van der Waals surface area (Å²) in [6.07, 6.45) is 5.59. The summed E-state index contributed by atoms with van der Waals surface area (Å²) in [5.41, 5.74) is 1.40. The predicted octanol–water partition coefficient (Wildman–Crippen LogP) is 1.36. The average Bonchev–Trinajstić information content (AvgIpc) is 3.54. The Balaban J connectivity index is 1.13. The molecule has 0 unspecified atom stereocenters. The molecule has 1 aromatic carbocycles. The van der Waals surface area contributed by atoms with E-state index >= 15 is 0 Å². The molecular formula is C23H34N4O2. The summed E-state index contributed by atoms with van der Waals surface area (Å²) in [6.45, 7) is 6.25. The van der Waals surface area contributed by atoms with Crippen molar-refractivity contribution in [2.24, 2.45) is 5.92 Å². The molecule has 1 N–H and O–H groups in total. The van der Waals surface area contributed by atoms with Gasteiger partial charge in [0.05, 0.1) is 13.1 Å². The van der Waals surface area contributed by atoms with Crippen molar-refractivity contribution in [2.75, 3.05) is 52.4 Å². The van der Waals surface area contributed by atoms with Crippen LogP contribution in [0.4, 0.5) is 0 Å². The van der Waals surface area contributed by atoms with Gasteiger partial charge in [0.15, 0.2) is 0 Å². The lowest BCUT2D eigenvalue weighted by Crippen LogP contribution is -2.52. The number of hydrogen-bond donors (Lipinski definition) is 1. The van der Waals surface area contributed by atoms with E-state index in [0.717, 1.165) is 71.4 Å². The first-order chi connectivity index (χ1) is 14.2. The minimum Gasteiger partial charge on any atom is -0.352 e. The molecule has 2 heterocycles. The van der Waals surface area contributed by atoms with Gasteiger partial charge in [-0.2, -0.15) is 0 Å². The maximum Gasteiger partial charge on any atom is 0.236 e. The van der Waals surface area contributed by atoms with Crippen molar-refractivity contribution in [1.82, 2.24) is 20.0 Å². The van der Waals surface area contributed by atoms with Crippen LogP contribution in [0.5, 0.6) is 0 Å². The van der Waals surface area contributed by atoms with Crippen LogP contribution in [-0.2, 0) is 16.0 Å². The monoisotopic (exact) mass is 398 g/mol. The van der Waals surface area contributed by atoms with Crippen LogP contribution in [0.2, 0.25) is 0 Å². The summed E-state index contributed by atoms with van der Waals surface area (Å²) in [4.78, 5) is 31.2. The van der Waals surface area contributed by atoms with Crippen molar-refractivity contribution in [2.45, 2.75) is 38.1 Å². The van der Waals surface area contributed by atoms with Gasteiger partial charge < -0.3 is 10.2 Å². The standard InChI is InChI=1S/C23H34N4O2/c28-22(24-21-6-7-21)17-25-12-14-26(15-13-25)18-23(29)27-10-8-20(9-11-27)16-19-4-2-1-3-5-19/h1-5,20-21H,6-18H2,(H,24,28). The Morgan fingerprint density at radius 2 is 1.45 bits per heavy atom. The fourth-order valence-electron chi connectivity index (χ4n) is 4.43. The second-order valence-electron chi connectivity index (χ2n) is 8.91. The minimum atomic E-state index is 0.149. The van der Waals surface area contributed by atoms with Crippen LogP contribution < -0.4 is 5.32 Å². The number of piperazine rings is 1. The van der Waals surface area contributed by atoms with Gasteiger partial charge in [0.25, 0.3) is 0 Å². The Morgan fingerprint density at radius 3 is 2.07 bits per heavy atom. The second kappa shape index (κ2) is 9.72. The molecule has 0 spiro atoms. The molecule has 0 atom stereocenters. The van der Waals surface area contributed by atoms with E-state index in [-0.39, 0.29) is 11.8 Å². The van der Waals surface area contributed by atoms with Crippen molar-refractivity contribution < 1.29 is 9.59 Å². The molecule has 0 aromatic heterocycles. The van der Waals surface area contributed by atoms with Gasteiger partial charge in [-0.05, 0) is 43.6 Å². The van der Waals surface area contributed by atoms with Gasteiger partial charge in [0, 0.05) is 45.3 Å². The Hall–Kier alpha value is -1.92. The fourth-order valence-corrected chi connectivity index (χ4v) is 4.43. The van der Waals surface area contributed by atoms with Crippen LogP contribution >= 0.6 is 0 Å². The Kier molecular flexibility index (Phi) is 6.82. The van der Waals surface area contributed by atoms with E-state index in [2.05, 4.69) is 50.3 Å². The molecule has 6 heteroatoms. The van der Waals surface area contributed by atoms with Crippen molar-refractivity contribution in [3.8, 4) is 0 Å². The van der Waals surface area contributed by atoms with Crippen LogP contribution in [0.25, 0.3) is 0 Å². The van der Waals surface area contributed by atoms with Crippen LogP contribution in [0.15, 0.2) is 30.3 Å². The number of benzene rings is 1. The largest absolute Gasteiger partial charge is 0.352 e. The van der Waals surface area contributed by atoms with Gasteiger partial charge in [-0.1, -0.05) is 30.3 Å². The molecule has 1 saturated carbocycles. The van der Waals surface area contributed by atoms with Gasteiger partial charge in [-0.25, -0.2) is 0 Å². The van der Waals surface area contributed by atoms with Crippen molar-refractivity contribution in [3.63, 3.8) is 0 Å². The second-order valence-corrected chi connectivity index (χ2v) is 8.91. The lowest BCUT2D eigenvalue weighted by molar-refractivity contribution is -0.134. The first kappa shape index (κ1) is 20.4. The van der Waals surface area contributed by atoms with Crippen LogP contribution in [0.3, 0.4) is 0 Å². The molecule has 3 fully saturated rings. The van der Waals surface area contributed by atoms with E-state index in [1.165, 1.54) is 5.56 Å². The van der Waals surface area contributed by atoms with E-state index in [4.69, 9.17) is 0 Å². The molecule has 2 aliphatic heterocycles. The number of likely N-dealkylation sites (tertiary alicyclic amines) is 1. The molecule has 3 aliphatic rings. The molecule has 29 heavy (non-hydrogen) atoms. The van der Waals surface area contributed by atoms with Gasteiger partial charge in [-0.15, -0.1) is 0 Å². The zero-order chi connectivity index (χ0) is 20.1. The average molecular weight is 399 g/mol. The number of amides is 2. The van der Waals surface area contributed by atoms with E-state index in [1.54, 1.807) is 0 Å².